The number of thioether (sulfide) groups is 1. The molecule has 1 unspecified atom stereocenters. The number of nitrogens with one attached hydrogen (secondary N) is 1. The van der Waals surface area contributed by atoms with E-state index < -0.39 is 0 Å². The summed E-state index contributed by atoms with van der Waals surface area (Å²) in [4.78, 5) is 0. The minimum absolute atomic E-state index is 0.656. The Bertz CT molecular complexity index is 286. The normalized spacial score (nSPS) is 12.7. The van der Waals surface area contributed by atoms with Gasteiger partial charge in [0.25, 0.3) is 0 Å². The zero-order valence-electron chi connectivity index (χ0n) is 9.92. The van der Waals surface area contributed by atoms with Crippen LogP contribution in [-0.2, 0) is 0 Å². The molecule has 0 saturated carbocycles. The summed E-state index contributed by atoms with van der Waals surface area (Å²) in [6.45, 7) is 3.28. The van der Waals surface area contributed by atoms with Crippen molar-refractivity contribution >= 4 is 11.8 Å². The number of rotatable bonds is 6. The van der Waals surface area contributed by atoms with E-state index in [2.05, 4.69) is 42.8 Å². The summed E-state index contributed by atoms with van der Waals surface area (Å²) in [5.74, 6) is 1.89. The predicted octanol–water partition coefficient (Wildman–Crippen LogP) is 3.05. The molecule has 1 nitrogen and oxygen atoms in total. The fourth-order valence-corrected chi connectivity index (χ4v) is 2.44. The van der Waals surface area contributed by atoms with E-state index in [0.29, 0.717) is 5.92 Å². The summed E-state index contributed by atoms with van der Waals surface area (Å²) in [6.07, 6.45) is 3.43. The highest BCUT2D eigenvalue weighted by molar-refractivity contribution is 7.98. The lowest BCUT2D eigenvalue weighted by Gasteiger charge is -2.18. The van der Waals surface area contributed by atoms with Crippen molar-refractivity contribution in [2.24, 2.45) is 0 Å². The first kappa shape index (κ1) is 12.6. The molecule has 1 aromatic rings. The molecule has 1 atom stereocenters. The van der Waals surface area contributed by atoms with Crippen LogP contribution < -0.4 is 5.32 Å². The van der Waals surface area contributed by atoms with E-state index >= 15 is 0 Å². The van der Waals surface area contributed by atoms with Gasteiger partial charge in [0.15, 0.2) is 0 Å². The van der Waals surface area contributed by atoms with Gasteiger partial charge in [-0.05, 0) is 49.4 Å². The first-order chi connectivity index (χ1) is 7.29. The molecule has 0 radical (unpaired) electrons. The molecule has 0 spiro atoms. The van der Waals surface area contributed by atoms with Gasteiger partial charge in [0, 0.05) is 6.54 Å². The van der Waals surface area contributed by atoms with E-state index in [1.165, 1.54) is 23.3 Å². The third-order valence-corrected chi connectivity index (χ3v) is 3.39. The summed E-state index contributed by atoms with van der Waals surface area (Å²) in [5.41, 5.74) is 2.92. The number of benzene rings is 1. The predicted molar refractivity (Wildman–Crippen MR) is 70.8 cm³/mol. The number of aryl methyl sites for hydroxylation is 1. The largest absolute Gasteiger partial charge is 0.319 e. The lowest BCUT2D eigenvalue weighted by molar-refractivity contribution is 0.613. The third-order valence-electron chi connectivity index (χ3n) is 2.75. The summed E-state index contributed by atoms with van der Waals surface area (Å²) < 4.78 is 0. The Morgan fingerprint density at radius 2 is 2.07 bits per heavy atom. The Balaban J connectivity index is 2.74. The van der Waals surface area contributed by atoms with E-state index in [4.69, 9.17) is 0 Å². The maximum atomic E-state index is 3.29. The molecule has 0 aromatic heterocycles. The van der Waals surface area contributed by atoms with Crippen LogP contribution in [0.1, 0.15) is 23.5 Å². The monoisotopic (exact) mass is 223 g/mol. The van der Waals surface area contributed by atoms with E-state index in [-0.39, 0.29) is 0 Å². The molecule has 0 saturated heterocycles. The van der Waals surface area contributed by atoms with Crippen LogP contribution >= 0.6 is 11.8 Å². The molecule has 0 amide bonds. The molecule has 1 N–H and O–H groups in total. The van der Waals surface area contributed by atoms with Gasteiger partial charge in [-0.15, -0.1) is 0 Å². The molecular weight excluding hydrogens is 202 g/mol. The van der Waals surface area contributed by atoms with Crippen molar-refractivity contribution < 1.29 is 0 Å². The molecule has 0 aliphatic carbocycles. The van der Waals surface area contributed by atoms with Crippen LogP contribution in [0, 0.1) is 6.92 Å². The summed E-state index contributed by atoms with van der Waals surface area (Å²) in [7, 11) is 2.03. The zero-order valence-corrected chi connectivity index (χ0v) is 10.7. The second kappa shape index (κ2) is 6.91. The molecule has 84 valence electrons. The van der Waals surface area contributed by atoms with Gasteiger partial charge in [0.05, 0.1) is 0 Å². The van der Waals surface area contributed by atoms with E-state index in [1.54, 1.807) is 0 Å². The Hall–Kier alpha value is -0.470. The van der Waals surface area contributed by atoms with Gasteiger partial charge in [-0.3, -0.25) is 0 Å². The number of hydrogen-bond donors (Lipinski definition) is 1. The quantitative estimate of drug-likeness (QED) is 0.795. The molecule has 1 rings (SSSR count). The Morgan fingerprint density at radius 3 is 2.67 bits per heavy atom. The molecule has 0 aliphatic rings. The lowest BCUT2D eigenvalue weighted by atomic mass is 9.92. The van der Waals surface area contributed by atoms with Gasteiger partial charge < -0.3 is 5.32 Å². The molecule has 15 heavy (non-hydrogen) atoms. The maximum absolute atomic E-state index is 3.29. The second-order valence-corrected chi connectivity index (χ2v) is 4.88. The van der Waals surface area contributed by atoms with Gasteiger partial charge in [0.1, 0.15) is 0 Å². The van der Waals surface area contributed by atoms with Crippen molar-refractivity contribution in [2.75, 3.05) is 25.6 Å². The fourth-order valence-electron chi connectivity index (χ4n) is 1.92. The Morgan fingerprint density at radius 1 is 1.33 bits per heavy atom. The van der Waals surface area contributed by atoms with Crippen molar-refractivity contribution in [1.29, 1.82) is 0 Å². The minimum Gasteiger partial charge on any atom is -0.319 e. The van der Waals surface area contributed by atoms with Crippen molar-refractivity contribution in [1.82, 2.24) is 5.32 Å². The summed E-state index contributed by atoms with van der Waals surface area (Å²) in [5, 5.41) is 3.29. The molecular formula is C13H21NS. The topological polar surface area (TPSA) is 12.0 Å². The van der Waals surface area contributed by atoms with Gasteiger partial charge >= 0.3 is 0 Å². The van der Waals surface area contributed by atoms with Gasteiger partial charge in [-0.2, -0.15) is 11.8 Å². The highest BCUT2D eigenvalue weighted by atomic mass is 32.2. The second-order valence-electron chi connectivity index (χ2n) is 3.89. The first-order valence-electron chi connectivity index (χ1n) is 5.48. The van der Waals surface area contributed by atoms with Crippen LogP contribution in [0.2, 0.25) is 0 Å². The molecule has 0 fully saturated rings. The minimum atomic E-state index is 0.656. The van der Waals surface area contributed by atoms with E-state index in [1.807, 2.05) is 18.8 Å². The van der Waals surface area contributed by atoms with Crippen molar-refractivity contribution in [3.8, 4) is 0 Å². The number of hydrogen-bond acceptors (Lipinski definition) is 2. The van der Waals surface area contributed by atoms with Crippen molar-refractivity contribution in [3.05, 3.63) is 35.4 Å². The molecule has 2 heteroatoms. The van der Waals surface area contributed by atoms with Crippen molar-refractivity contribution in [2.45, 2.75) is 19.3 Å². The standard InChI is InChI=1S/C13H21NS/c1-11-6-4-5-7-13(11)12(10-14-2)8-9-15-3/h4-7,12,14H,8-10H2,1-3H3. The van der Waals surface area contributed by atoms with Gasteiger partial charge in [-0.1, -0.05) is 24.3 Å². The van der Waals surface area contributed by atoms with Crippen LogP contribution in [0.5, 0.6) is 0 Å². The SMILES string of the molecule is CNCC(CCSC)c1ccccc1C. The molecule has 0 aliphatic heterocycles. The van der Waals surface area contributed by atoms with Crippen LogP contribution in [0.3, 0.4) is 0 Å². The summed E-state index contributed by atoms with van der Waals surface area (Å²) >= 11 is 1.93. The lowest BCUT2D eigenvalue weighted by Crippen LogP contribution is -2.18. The van der Waals surface area contributed by atoms with E-state index in [0.717, 1.165) is 6.54 Å². The van der Waals surface area contributed by atoms with Crippen molar-refractivity contribution in [3.63, 3.8) is 0 Å². The van der Waals surface area contributed by atoms with Crippen LogP contribution in [0.4, 0.5) is 0 Å². The first-order valence-corrected chi connectivity index (χ1v) is 6.88. The smallest absolute Gasteiger partial charge is 0.00175 e. The average Bonchev–Trinajstić information content (AvgIpc) is 2.25. The zero-order chi connectivity index (χ0) is 11.1. The highest BCUT2D eigenvalue weighted by Gasteiger charge is 2.11. The highest BCUT2D eigenvalue weighted by Crippen LogP contribution is 2.23. The van der Waals surface area contributed by atoms with E-state index in [9.17, 15) is 0 Å². The maximum Gasteiger partial charge on any atom is 0.00175 e. The molecule has 0 bridgehead atoms. The van der Waals surface area contributed by atoms with Gasteiger partial charge in [0.2, 0.25) is 0 Å². The molecule has 1 aromatic carbocycles. The average molecular weight is 223 g/mol. The fraction of sp³-hybridized carbons (Fsp3) is 0.538. The number of likely N-dealkylation sites (N-methyl/N-ethyl adjacent to an activating group) is 1. The third kappa shape index (κ3) is 3.88. The van der Waals surface area contributed by atoms with Crippen LogP contribution in [0.25, 0.3) is 0 Å². The Kier molecular flexibility index (Phi) is 5.81. The molecule has 0 heterocycles. The van der Waals surface area contributed by atoms with Gasteiger partial charge in [-0.25, -0.2) is 0 Å². The Labute approximate surface area is 97.7 Å². The summed E-state index contributed by atoms with van der Waals surface area (Å²) in [6, 6.07) is 8.72. The van der Waals surface area contributed by atoms with Crippen LogP contribution in [0.15, 0.2) is 24.3 Å². The van der Waals surface area contributed by atoms with Crippen LogP contribution in [-0.4, -0.2) is 25.6 Å².